The van der Waals surface area contributed by atoms with Crippen LogP contribution >= 0.6 is 15.9 Å². The van der Waals surface area contributed by atoms with Gasteiger partial charge in [0.2, 0.25) is 0 Å². The van der Waals surface area contributed by atoms with Crippen molar-refractivity contribution in [3.8, 4) is 0 Å². The van der Waals surface area contributed by atoms with Gasteiger partial charge in [0.15, 0.2) is 0 Å². The van der Waals surface area contributed by atoms with Gasteiger partial charge in [-0.05, 0) is 42.5 Å². The number of nitrogens with two attached hydrogens (primary N) is 1. The Labute approximate surface area is 137 Å². The minimum Gasteiger partial charge on any atom is -0.397 e. The lowest BCUT2D eigenvalue weighted by Gasteiger charge is -2.34. The Hall–Kier alpha value is -2.46. The zero-order chi connectivity index (χ0) is 15.1. The molecule has 108 valence electrons. The number of nitrogen functional groups attached to an aromatic ring is 1. The van der Waals surface area contributed by atoms with Gasteiger partial charge in [-0.15, -0.1) is 0 Å². The summed E-state index contributed by atoms with van der Waals surface area (Å²) in [6, 6.07) is 22.5. The molecule has 0 unspecified atom stereocenters. The molecule has 0 radical (unpaired) electrons. The number of halogens is 1. The minimum absolute atomic E-state index is 0.740. The summed E-state index contributed by atoms with van der Waals surface area (Å²) in [7, 11) is 0. The van der Waals surface area contributed by atoms with Crippen molar-refractivity contribution in [2.24, 2.45) is 0 Å². The molecule has 0 fully saturated rings. The highest BCUT2D eigenvalue weighted by molar-refractivity contribution is 9.10. The summed E-state index contributed by atoms with van der Waals surface area (Å²) in [5.74, 6) is 0. The van der Waals surface area contributed by atoms with Crippen LogP contribution in [0.1, 0.15) is 0 Å². The predicted molar refractivity (Wildman–Crippen MR) is 96.5 cm³/mol. The number of hydrogen-bond donors (Lipinski definition) is 2. The fraction of sp³-hybridized carbons (Fsp3) is 0. The normalized spacial score (nSPS) is 12.3. The van der Waals surface area contributed by atoms with Crippen LogP contribution in [0.5, 0.6) is 0 Å². The first kappa shape index (κ1) is 13.2. The number of benzene rings is 3. The molecule has 1 aliphatic heterocycles. The third kappa shape index (κ3) is 2.04. The lowest BCUT2D eigenvalue weighted by Crippen LogP contribution is -2.18. The molecule has 4 rings (SSSR count). The summed E-state index contributed by atoms with van der Waals surface area (Å²) in [5.41, 5.74) is 12.2. The molecule has 0 amide bonds. The van der Waals surface area contributed by atoms with E-state index in [2.05, 4.69) is 56.5 Å². The molecule has 1 heterocycles. The summed E-state index contributed by atoms with van der Waals surface area (Å²) in [4.78, 5) is 2.23. The smallest absolute Gasteiger partial charge is 0.0863 e. The molecular formula is C18H14BrN3. The van der Waals surface area contributed by atoms with Crippen molar-refractivity contribution in [1.82, 2.24) is 0 Å². The molecule has 1 aliphatic rings. The van der Waals surface area contributed by atoms with Crippen LogP contribution in [-0.4, -0.2) is 0 Å². The monoisotopic (exact) mass is 351 g/mol. The molecule has 3 nitrogen and oxygen atoms in total. The zero-order valence-electron chi connectivity index (χ0n) is 11.8. The van der Waals surface area contributed by atoms with Crippen LogP contribution < -0.4 is 16.0 Å². The number of rotatable bonds is 1. The van der Waals surface area contributed by atoms with Gasteiger partial charge in [0.25, 0.3) is 0 Å². The standard InChI is InChI=1S/C18H14BrN3/c19-12-9-10-16-15(11-12)21-18-14(20)7-4-8-17(18)22(16)13-5-2-1-3-6-13/h1-11,21H,20H2. The van der Waals surface area contributed by atoms with E-state index < -0.39 is 0 Å². The third-order valence-corrected chi connectivity index (χ3v) is 4.28. The van der Waals surface area contributed by atoms with E-state index in [1.165, 1.54) is 0 Å². The molecule has 3 aromatic carbocycles. The molecule has 3 N–H and O–H groups in total. The Morgan fingerprint density at radius 2 is 1.68 bits per heavy atom. The average molecular weight is 352 g/mol. The van der Waals surface area contributed by atoms with Gasteiger partial charge in [-0.25, -0.2) is 0 Å². The van der Waals surface area contributed by atoms with E-state index in [1.807, 2.05) is 36.4 Å². The summed E-state index contributed by atoms with van der Waals surface area (Å²) in [6.07, 6.45) is 0. The molecule has 0 atom stereocenters. The predicted octanol–water partition coefficient (Wildman–Crippen LogP) is 5.56. The van der Waals surface area contributed by atoms with Gasteiger partial charge in [-0.3, -0.25) is 0 Å². The van der Waals surface area contributed by atoms with Crippen LogP contribution in [-0.2, 0) is 0 Å². The van der Waals surface area contributed by atoms with Crippen LogP contribution in [0.15, 0.2) is 71.2 Å². The first-order valence-corrected chi connectivity index (χ1v) is 7.83. The quantitative estimate of drug-likeness (QED) is 0.441. The van der Waals surface area contributed by atoms with Crippen molar-refractivity contribution >= 4 is 50.1 Å². The van der Waals surface area contributed by atoms with E-state index in [9.17, 15) is 0 Å². The Bertz CT molecular complexity index is 846. The summed E-state index contributed by atoms with van der Waals surface area (Å²) in [6.45, 7) is 0. The maximum absolute atomic E-state index is 6.18. The molecule has 0 aromatic heterocycles. The molecule has 4 heteroatoms. The maximum Gasteiger partial charge on any atom is 0.0863 e. The van der Waals surface area contributed by atoms with Gasteiger partial charge in [-0.1, -0.05) is 40.2 Å². The molecule has 0 saturated heterocycles. The van der Waals surface area contributed by atoms with Crippen molar-refractivity contribution < 1.29 is 0 Å². The van der Waals surface area contributed by atoms with E-state index in [-0.39, 0.29) is 0 Å². The number of anilines is 6. The van der Waals surface area contributed by atoms with Crippen LogP contribution in [0.4, 0.5) is 34.1 Å². The van der Waals surface area contributed by atoms with E-state index in [0.29, 0.717) is 0 Å². The molecule has 22 heavy (non-hydrogen) atoms. The highest BCUT2D eigenvalue weighted by Crippen LogP contribution is 2.50. The van der Waals surface area contributed by atoms with E-state index in [1.54, 1.807) is 0 Å². The van der Waals surface area contributed by atoms with Crippen molar-refractivity contribution in [1.29, 1.82) is 0 Å². The number of nitrogens with zero attached hydrogens (tertiary/aromatic N) is 1. The topological polar surface area (TPSA) is 41.3 Å². The van der Waals surface area contributed by atoms with Crippen molar-refractivity contribution in [2.75, 3.05) is 16.0 Å². The number of fused-ring (bicyclic) bond motifs is 2. The number of nitrogens with one attached hydrogen (secondary N) is 1. The highest BCUT2D eigenvalue weighted by Gasteiger charge is 2.25. The van der Waals surface area contributed by atoms with Crippen molar-refractivity contribution in [3.63, 3.8) is 0 Å². The van der Waals surface area contributed by atoms with E-state index in [0.717, 1.165) is 38.6 Å². The van der Waals surface area contributed by atoms with E-state index >= 15 is 0 Å². The fourth-order valence-corrected chi connectivity index (χ4v) is 3.16. The Balaban J connectivity index is 2.00. The Kier molecular flexibility index (Phi) is 3.05. The summed E-state index contributed by atoms with van der Waals surface area (Å²) >= 11 is 3.54. The molecule has 0 spiro atoms. The van der Waals surface area contributed by atoms with E-state index in [4.69, 9.17) is 5.73 Å². The SMILES string of the molecule is Nc1cccc2c1Nc1cc(Br)ccc1N2c1ccccc1. The lowest BCUT2D eigenvalue weighted by atomic mass is 10.1. The number of para-hydroxylation sites is 2. The van der Waals surface area contributed by atoms with Crippen molar-refractivity contribution in [3.05, 3.63) is 71.2 Å². The van der Waals surface area contributed by atoms with Crippen LogP contribution in [0.2, 0.25) is 0 Å². The average Bonchev–Trinajstić information content (AvgIpc) is 2.54. The Morgan fingerprint density at radius 1 is 0.864 bits per heavy atom. The minimum atomic E-state index is 0.740. The van der Waals surface area contributed by atoms with Gasteiger partial charge >= 0.3 is 0 Å². The first-order chi connectivity index (χ1) is 10.7. The van der Waals surface area contributed by atoms with Gasteiger partial charge < -0.3 is 16.0 Å². The second-order valence-electron chi connectivity index (χ2n) is 5.20. The second kappa shape index (κ2) is 5.07. The Morgan fingerprint density at radius 3 is 2.50 bits per heavy atom. The largest absolute Gasteiger partial charge is 0.397 e. The third-order valence-electron chi connectivity index (χ3n) is 3.79. The van der Waals surface area contributed by atoms with Crippen LogP contribution in [0.3, 0.4) is 0 Å². The molecular weight excluding hydrogens is 338 g/mol. The molecule has 0 aliphatic carbocycles. The second-order valence-corrected chi connectivity index (χ2v) is 6.11. The fourth-order valence-electron chi connectivity index (χ4n) is 2.80. The summed E-state index contributed by atoms with van der Waals surface area (Å²) in [5, 5.41) is 3.45. The maximum atomic E-state index is 6.18. The molecule has 3 aromatic rings. The number of hydrogen-bond acceptors (Lipinski definition) is 3. The lowest BCUT2D eigenvalue weighted by molar-refractivity contribution is 1.25. The van der Waals surface area contributed by atoms with Crippen LogP contribution in [0.25, 0.3) is 0 Å². The van der Waals surface area contributed by atoms with Gasteiger partial charge in [0.1, 0.15) is 0 Å². The first-order valence-electron chi connectivity index (χ1n) is 7.04. The zero-order valence-corrected chi connectivity index (χ0v) is 13.3. The van der Waals surface area contributed by atoms with Gasteiger partial charge in [-0.2, -0.15) is 0 Å². The summed E-state index contributed by atoms with van der Waals surface area (Å²) < 4.78 is 1.03. The van der Waals surface area contributed by atoms with Gasteiger partial charge in [0.05, 0.1) is 28.4 Å². The molecule has 0 bridgehead atoms. The highest BCUT2D eigenvalue weighted by atomic mass is 79.9. The van der Waals surface area contributed by atoms with Crippen molar-refractivity contribution in [2.45, 2.75) is 0 Å². The van der Waals surface area contributed by atoms with Gasteiger partial charge in [0, 0.05) is 10.2 Å². The molecule has 0 saturated carbocycles. The van der Waals surface area contributed by atoms with Crippen LogP contribution in [0, 0.1) is 0 Å².